The summed E-state index contributed by atoms with van der Waals surface area (Å²) in [6.07, 6.45) is -2.87. The maximum Gasteiger partial charge on any atom is 0.433 e. The van der Waals surface area contributed by atoms with Gasteiger partial charge in [0.25, 0.3) is 5.91 Å². The topological polar surface area (TPSA) is 54.3 Å². The van der Waals surface area contributed by atoms with Gasteiger partial charge < -0.3 is 4.90 Å². The van der Waals surface area contributed by atoms with E-state index in [1.165, 1.54) is 4.90 Å². The minimum atomic E-state index is -4.61. The van der Waals surface area contributed by atoms with Crippen LogP contribution in [-0.4, -0.2) is 56.7 Å². The van der Waals surface area contributed by atoms with Gasteiger partial charge in [0, 0.05) is 44.6 Å². The largest absolute Gasteiger partial charge is 0.433 e. The molecule has 1 aliphatic heterocycles. The third kappa shape index (κ3) is 4.49. The Labute approximate surface area is 159 Å². The van der Waals surface area contributed by atoms with Crippen LogP contribution < -0.4 is 0 Å². The normalized spacial score (nSPS) is 16.6. The van der Waals surface area contributed by atoms with Gasteiger partial charge in [-0.1, -0.05) is 0 Å². The lowest BCUT2D eigenvalue weighted by Crippen LogP contribution is -2.36. The number of carbonyl (C=O) groups excluding carboxylic acids is 1. The molecule has 1 amide bonds. The van der Waals surface area contributed by atoms with E-state index in [9.17, 15) is 18.0 Å². The van der Waals surface area contributed by atoms with Crippen molar-refractivity contribution in [1.29, 1.82) is 0 Å². The Morgan fingerprint density at radius 1 is 1.26 bits per heavy atom. The van der Waals surface area contributed by atoms with Crippen LogP contribution in [0.2, 0.25) is 0 Å². The van der Waals surface area contributed by atoms with Crippen LogP contribution in [0.15, 0.2) is 11.6 Å². The molecule has 0 aliphatic carbocycles. The minimum absolute atomic E-state index is 0.0585. The average molecular weight is 401 g/mol. The van der Waals surface area contributed by atoms with E-state index in [-0.39, 0.29) is 12.1 Å². The van der Waals surface area contributed by atoms with E-state index in [1.54, 1.807) is 18.3 Å². The number of aromatic nitrogens is 3. The molecular formula is C17H22F3N5OS. The molecule has 3 rings (SSSR count). The number of carbonyl (C=O) groups is 1. The zero-order chi connectivity index (χ0) is 19.6. The van der Waals surface area contributed by atoms with Crippen molar-refractivity contribution in [2.45, 2.75) is 39.5 Å². The molecular weight excluding hydrogens is 379 g/mol. The molecule has 0 saturated carbocycles. The molecule has 10 heteroatoms. The first-order chi connectivity index (χ1) is 12.8. The third-order valence-electron chi connectivity index (χ3n) is 4.57. The first-order valence-electron chi connectivity index (χ1n) is 8.85. The molecule has 0 aromatic carbocycles. The molecule has 0 atom stereocenters. The number of alkyl halides is 3. The molecule has 1 aliphatic rings. The Morgan fingerprint density at radius 2 is 2.04 bits per heavy atom. The van der Waals surface area contributed by atoms with Crippen LogP contribution in [0.1, 0.15) is 40.1 Å². The number of amides is 1. The van der Waals surface area contributed by atoms with Crippen LogP contribution in [0.5, 0.6) is 0 Å². The summed E-state index contributed by atoms with van der Waals surface area (Å²) in [5.74, 6) is -0.603. The van der Waals surface area contributed by atoms with E-state index in [2.05, 4.69) is 15.0 Å². The highest BCUT2D eigenvalue weighted by Crippen LogP contribution is 2.32. The molecule has 0 N–H and O–H groups in total. The van der Waals surface area contributed by atoms with Crippen molar-refractivity contribution in [1.82, 2.24) is 24.6 Å². The molecule has 6 nitrogen and oxygen atoms in total. The first kappa shape index (κ1) is 19.8. The highest BCUT2D eigenvalue weighted by atomic mass is 32.1. The fraction of sp³-hybridized carbons (Fsp3) is 0.588. The van der Waals surface area contributed by atoms with E-state index >= 15 is 0 Å². The highest BCUT2D eigenvalue weighted by Gasteiger charge is 2.40. The molecule has 2 aromatic rings. The number of rotatable bonds is 4. The van der Waals surface area contributed by atoms with Gasteiger partial charge in [0.05, 0.1) is 22.5 Å². The molecule has 0 radical (unpaired) electrons. The van der Waals surface area contributed by atoms with E-state index in [4.69, 9.17) is 0 Å². The van der Waals surface area contributed by atoms with Gasteiger partial charge in [-0.2, -0.15) is 18.3 Å². The Hall–Kier alpha value is -1.94. The predicted molar refractivity (Wildman–Crippen MR) is 95.6 cm³/mol. The van der Waals surface area contributed by atoms with Crippen molar-refractivity contribution >= 4 is 17.2 Å². The monoisotopic (exact) mass is 401 g/mol. The van der Waals surface area contributed by atoms with Gasteiger partial charge >= 0.3 is 6.18 Å². The molecule has 0 spiro atoms. The fourth-order valence-corrected chi connectivity index (χ4v) is 3.90. The number of hydrogen-bond donors (Lipinski definition) is 0. The smallest absolute Gasteiger partial charge is 0.337 e. The van der Waals surface area contributed by atoms with Gasteiger partial charge in [-0.25, -0.2) is 4.98 Å². The Bertz CT molecular complexity index is 801. The second-order valence-corrected chi connectivity index (χ2v) is 7.56. The van der Waals surface area contributed by atoms with Crippen molar-refractivity contribution in [3.63, 3.8) is 0 Å². The van der Waals surface area contributed by atoms with E-state index in [0.717, 1.165) is 28.1 Å². The standard InChI is InChI=1S/C17H22F3N5OS/c1-3-25-15(17(18,19)20)14(9-21-25)16(26)24-6-4-5-23(7-8-24)10-13-11-27-12(2)22-13/h9,11H,3-8,10H2,1-2H3. The van der Waals surface area contributed by atoms with Crippen LogP contribution in [0.3, 0.4) is 0 Å². The summed E-state index contributed by atoms with van der Waals surface area (Å²) in [6, 6.07) is 0. The average Bonchev–Trinajstić information content (AvgIpc) is 3.15. The first-order valence-corrected chi connectivity index (χ1v) is 9.73. The molecule has 148 valence electrons. The number of thiazole rings is 1. The molecule has 27 heavy (non-hydrogen) atoms. The molecule has 1 fully saturated rings. The quantitative estimate of drug-likeness (QED) is 0.790. The second kappa shape index (κ2) is 7.97. The lowest BCUT2D eigenvalue weighted by molar-refractivity contribution is -0.144. The zero-order valence-electron chi connectivity index (χ0n) is 15.3. The molecule has 0 unspecified atom stereocenters. The van der Waals surface area contributed by atoms with Gasteiger partial charge in [-0.15, -0.1) is 11.3 Å². The Kier molecular flexibility index (Phi) is 5.85. The second-order valence-electron chi connectivity index (χ2n) is 6.50. The number of hydrogen-bond acceptors (Lipinski definition) is 5. The van der Waals surface area contributed by atoms with Gasteiger partial charge in [-0.3, -0.25) is 14.4 Å². The lowest BCUT2D eigenvalue weighted by Gasteiger charge is -2.22. The van der Waals surface area contributed by atoms with Gasteiger partial charge in [0.2, 0.25) is 0 Å². The summed E-state index contributed by atoms with van der Waals surface area (Å²) in [7, 11) is 0. The Balaban J connectivity index is 1.70. The van der Waals surface area contributed by atoms with Gasteiger partial charge in [-0.05, 0) is 20.3 Å². The van der Waals surface area contributed by atoms with Gasteiger partial charge in [0.1, 0.15) is 0 Å². The molecule has 0 bridgehead atoms. The van der Waals surface area contributed by atoms with Crippen LogP contribution in [0.25, 0.3) is 0 Å². The summed E-state index contributed by atoms with van der Waals surface area (Å²) in [5.41, 5.74) is -0.345. The van der Waals surface area contributed by atoms with Crippen LogP contribution >= 0.6 is 11.3 Å². The predicted octanol–water partition coefficient (Wildman–Crippen LogP) is 3.03. The van der Waals surface area contributed by atoms with Crippen molar-refractivity contribution in [2.75, 3.05) is 26.2 Å². The van der Waals surface area contributed by atoms with Crippen LogP contribution in [0.4, 0.5) is 13.2 Å². The summed E-state index contributed by atoms with van der Waals surface area (Å²) in [5, 5.41) is 6.76. The lowest BCUT2D eigenvalue weighted by atomic mass is 10.2. The molecule has 2 aromatic heterocycles. The SMILES string of the molecule is CCn1ncc(C(=O)N2CCCN(Cc3csc(C)n3)CC2)c1C(F)(F)F. The Morgan fingerprint density at radius 3 is 2.67 bits per heavy atom. The van der Waals surface area contributed by atoms with Crippen molar-refractivity contribution in [2.24, 2.45) is 0 Å². The fourth-order valence-electron chi connectivity index (χ4n) is 3.29. The van der Waals surface area contributed by atoms with Gasteiger partial charge in [0.15, 0.2) is 5.69 Å². The summed E-state index contributed by atoms with van der Waals surface area (Å²) < 4.78 is 41.0. The van der Waals surface area contributed by atoms with E-state index < -0.39 is 17.8 Å². The number of nitrogens with zero attached hydrogens (tertiary/aromatic N) is 5. The maximum absolute atomic E-state index is 13.4. The van der Waals surface area contributed by atoms with Crippen molar-refractivity contribution in [3.8, 4) is 0 Å². The van der Waals surface area contributed by atoms with Crippen molar-refractivity contribution < 1.29 is 18.0 Å². The van der Waals surface area contributed by atoms with Crippen LogP contribution in [0, 0.1) is 6.92 Å². The van der Waals surface area contributed by atoms with Crippen molar-refractivity contribution in [3.05, 3.63) is 33.5 Å². The summed E-state index contributed by atoms with van der Waals surface area (Å²) in [6.45, 7) is 6.46. The molecule has 1 saturated heterocycles. The minimum Gasteiger partial charge on any atom is -0.337 e. The van der Waals surface area contributed by atoms with E-state index in [1.807, 2.05) is 12.3 Å². The maximum atomic E-state index is 13.4. The van der Waals surface area contributed by atoms with E-state index in [0.29, 0.717) is 32.6 Å². The third-order valence-corrected chi connectivity index (χ3v) is 5.39. The summed E-state index contributed by atoms with van der Waals surface area (Å²) in [4.78, 5) is 20.9. The number of aryl methyl sites for hydroxylation is 2. The highest BCUT2D eigenvalue weighted by molar-refractivity contribution is 7.09. The van der Waals surface area contributed by atoms with Crippen LogP contribution in [-0.2, 0) is 19.3 Å². The number of halogens is 3. The zero-order valence-corrected chi connectivity index (χ0v) is 16.1. The summed E-state index contributed by atoms with van der Waals surface area (Å²) >= 11 is 1.59. The molecule has 3 heterocycles.